The van der Waals surface area contributed by atoms with E-state index >= 15 is 0 Å². The Morgan fingerprint density at radius 2 is 2.04 bits per heavy atom. The second-order valence-corrected chi connectivity index (χ2v) is 8.18. The van der Waals surface area contributed by atoms with Crippen LogP contribution in [0.2, 0.25) is 0 Å². The number of amides is 1. The quantitative estimate of drug-likeness (QED) is 0.809. The first-order valence-electron chi connectivity index (χ1n) is 9.53. The molecular weight excluding hydrogens is 345 g/mol. The van der Waals surface area contributed by atoms with E-state index < -0.39 is 5.82 Å². The van der Waals surface area contributed by atoms with Gasteiger partial charge in [-0.15, -0.1) is 0 Å². The molecule has 2 aromatic rings. The minimum Gasteiger partial charge on any atom is -0.309 e. The molecule has 0 spiro atoms. The zero-order valence-electron chi connectivity index (χ0n) is 16.3. The van der Waals surface area contributed by atoms with Crippen molar-refractivity contribution in [3.63, 3.8) is 0 Å². The molecule has 0 saturated carbocycles. The summed E-state index contributed by atoms with van der Waals surface area (Å²) in [5.41, 5.74) is 1.39. The van der Waals surface area contributed by atoms with Gasteiger partial charge in [0.05, 0.1) is 0 Å². The van der Waals surface area contributed by atoms with Gasteiger partial charge in [-0.25, -0.2) is 4.39 Å². The van der Waals surface area contributed by atoms with Gasteiger partial charge in [0, 0.05) is 30.4 Å². The van der Waals surface area contributed by atoms with Crippen LogP contribution in [0.5, 0.6) is 0 Å². The van der Waals surface area contributed by atoms with E-state index in [4.69, 9.17) is 0 Å². The summed E-state index contributed by atoms with van der Waals surface area (Å²) in [6.07, 6.45) is 5.62. The molecule has 146 valence electrons. The van der Waals surface area contributed by atoms with Crippen molar-refractivity contribution in [1.29, 1.82) is 0 Å². The highest BCUT2D eigenvalue weighted by Crippen LogP contribution is 2.27. The van der Waals surface area contributed by atoms with Crippen molar-refractivity contribution in [2.45, 2.75) is 46.5 Å². The number of H-pyrrole nitrogens is 1. The van der Waals surface area contributed by atoms with Crippen molar-refractivity contribution in [3.8, 4) is 11.3 Å². The number of aromatic amines is 1. The number of nitrogens with zero attached hydrogens (tertiary/aromatic N) is 3. The molecule has 3 rings (SSSR count). The first-order valence-corrected chi connectivity index (χ1v) is 9.53. The maximum Gasteiger partial charge on any atom is 0.226 e. The van der Waals surface area contributed by atoms with E-state index in [1.54, 1.807) is 18.3 Å². The highest BCUT2D eigenvalue weighted by Gasteiger charge is 2.27. The number of hydrogen-bond acceptors (Lipinski definition) is 4. The average molecular weight is 373 g/mol. The molecule has 0 bridgehead atoms. The maximum atomic E-state index is 14.6. The summed E-state index contributed by atoms with van der Waals surface area (Å²) in [5.74, 6) is -0.777. The molecule has 27 heavy (non-hydrogen) atoms. The fourth-order valence-electron chi connectivity index (χ4n) is 3.61. The van der Waals surface area contributed by atoms with Crippen LogP contribution in [0, 0.1) is 18.2 Å². The Kier molecular flexibility index (Phi) is 5.89. The van der Waals surface area contributed by atoms with Crippen molar-refractivity contribution in [1.82, 2.24) is 20.1 Å². The third kappa shape index (κ3) is 5.13. The number of rotatable bonds is 6. The van der Waals surface area contributed by atoms with Crippen LogP contribution in [-0.2, 0) is 4.79 Å². The highest BCUT2D eigenvalue weighted by molar-refractivity contribution is 5.91. The first kappa shape index (κ1) is 19.5. The molecule has 2 N–H and O–H groups in total. The molecule has 1 fully saturated rings. The number of halogens is 1. The lowest BCUT2D eigenvalue weighted by Crippen LogP contribution is -2.39. The number of hydrogen-bond donors (Lipinski definition) is 2. The van der Waals surface area contributed by atoms with Crippen LogP contribution in [0.15, 0.2) is 18.3 Å². The van der Waals surface area contributed by atoms with Crippen LogP contribution < -0.4 is 5.32 Å². The Morgan fingerprint density at radius 1 is 1.30 bits per heavy atom. The Labute approximate surface area is 159 Å². The van der Waals surface area contributed by atoms with Crippen molar-refractivity contribution < 1.29 is 9.18 Å². The minimum absolute atomic E-state index is 0.00403. The van der Waals surface area contributed by atoms with Crippen LogP contribution in [-0.4, -0.2) is 45.6 Å². The summed E-state index contributed by atoms with van der Waals surface area (Å²) in [7, 11) is 0. The van der Waals surface area contributed by atoms with Crippen molar-refractivity contribution in [2.75, 3.05) is 25.0 Å². The van der Waals surface area contributed by atoms with Crippen molar-refractivity contribution >= 4 is 11.7 Å². The smallest absolute Gasteiger partial charge is 0.226 e. The minimum atomic E-state index is -0.567. The maximum absolute atomic E-state index is 14.6. The summed E-state index contributed by atoms with van der Waals surface area (Å²) in [6, 6.07) is 3.56. The van der Waals surface area contributed by atoms with Gasteiger partial charge in [0.15, 0.2) is 11.6 Å². The summed E-state index contributed by atoms with van der Waals surface area (Å²) in [5, 5.41) is 9.22. The van der Waals surface area contributed by atoms with Gasteiger partial charge in [0.25, 0.3) is 0 Å². The van der Waals surface area contributed by atoms with Gasteiger partial charge < -0.3 is 10.2 Å². The standard InChI is InChI=1S/C20H28FN5O/c1-14-7-8-15(12-22-14)18-17(21)19(25-24-18)23-16(27)11-20(2,3)13-26-9-5-4-6-10-26/h7-8,12H,4-6,9-11,13H2,1-3H3,(H2,23,24,25,27). The Hall–Kier alpha value is -2.28. The van der Waals surface area contributed by atoms with E-state index in [0.29, 0.717) is 12.0 Å². The number of aryl methyl sites for hydroxylation is 1. The molecule has 1 aliphatic heterocycles. The average Bonchev–Trinajstić information content (AvgIpc) is 2.96. The van der Waals surface area contributed by atoms with E-state index in [-0.39, 0.29) is 22.8 Å². The Bertz CT molecular complexity index is 778. The number of carbonyl (C=O) groups excluding carboxylic acids is 1. The number of nitrogens with one attached hydrogen (secondary N) is 2. The fourth-order valence-corrected chi connectivity index (χ4v) is 3.61. The summed E-state index contributed by atoms with van der Waals surface area (Å²) < 4.78 is 14.6. The third-order valence-electron chi connectivity index (χ3n) is 4.90. The van der Waals surface area contributed by atoms with E-state index in [1.165, 1.54) is 19.3 Å². The third-order valence-corrected chi connectivity index (χ3v) is 4.90. The number of pyridine rings is 1. The van der Waals surface area contributed by atoms with Gasteiger partial charge in [-0.1, -0.05) is 20.3 Å². The van der Waals surface area contributed by atoms with Gasteiger partial charge in [-0.05, 0) is 50.4 Å². The molecule has 0 radical (unpaired) electrons. The van der Waals surface area contributed by atoms with Crippen LogP contribution in [0.25, 0.3) is 11.3 Å². The molecule has 1 aliphatic rings. The van der Waals surface area contributed by atoms with Crippen LogP contribution in [0.3, 0.4) is 0 Å². The normalized spacial score (nSPS) is 15.7. The van der Waals surface area contributed by atoms with Gasteiger partial charge >= 0.3 is 0 Å². The lowest BCUT2D eigenvalue weighted by molar-refractivity contribution is -0.118. The largest absolute Gasteiger partial charge is 0.309 e. The van der Waals surface area contributed by atoms with Crippen LogP contribution in [0.1, 0.15) is 45.2 Å². The van der Waals surface area contributed by atoms with E-state index in [1.807, 2.05) is 6.92 Å². The van der Waals surface area contributed by atoms with Gasteiger partial charge in [0.1, 0.15) is 5.69 Å². The molecule has 0 aromatic carbocycles. The lowest BCUT2D eigenvalue weighted by Gasteiger charge is -2.34. The molecule has 2 aromatic heterocycles. The second-order valence-electron chi connectivity index (χ2n) is 8.18. The Morgan fingerprint density at radius 3 is 2.70 bits per heavy atom. The summed E-state index contributed by atoms with van der Waals surface area (Å²) >= 11 is 0. The molecule has 6 nitrogen and oxygen atoms in total. The number of carbonyl (C=O) groups is 1. The molecule has 0 atom stereocenters. The number of likely N-dealkylation sites (tertiary alicyclic amines) is 1. The number of anilines is 1. The predicted octanol–water partition coefficient (Wildman–Crippen LogP) is 3.76. The molecule has 0 unspecified atom stereocenters. The van der Waals surface area contributed by atoms with Gasteiger partial charge in [-0.2, -0.15) is 5.10 Å². The zero-order chi connectivity index (χ0) is 19.4. The molecule has 7 heteroatoms. The van der Waals surface area contributed by atoms with Gasteiger partial charge in [0.2, 0.25) is 5.91 Å². The van der Waals surface area contributed by atoms with Crippen LogP contribution in [0.4, 0.5) is 10.2 Å². The van der Waals surface area contributed by atoms with Crippen LogP contribution >= 0.6 is 0 Å². The Balaban J connectivity index is 1.61. The molecular formula is C20H28FN5O. The number of piperidine rings is 1. The van der Waals surface area contributed by atoms with Gasteiger partial charge in [-0.3, -0.25) is 14.9 Å². The lowest BCUT2D eigenvalue weighted by atomic mass is 9.87. The highest BCUT2D eigenvalue weighted by atomic mass is 19.1. The zero-order valence-corrected chi connectivity index (χ0v) is 16.3. The molecule has 0 aliphatic carbocycles. The molecule has 1 saturated heterocycles. The molecule has 1 amide bonds. The second kappa shape index (κ2) is 8.17. The topological polar surface area (TPSA) is 73.9 Å². The van der Waals surface area contributed by atoms with E-state index in [2.05, 4.69) is 39.2 Å². The van der Waals surface area contributed by atoms with Crippen molar-refractivity contribution in [2.24, 2.45) is 5.41 Å². The summed E-state index contributed by atoms with van der Waals surface area (Å²) in [4.78, 5) is 19.0. The van der Waals surface area contributed by atoms with Crippen molar-refractivity contribution in [3.05, 3.63) is 29.8 Å². The van der Waals surface area contributed by atoms with E-state index in [9.17, 15) is 9.18 Å². The predicted molar refractivity (Wildman–Crippen MR) is 104 cm³/mol. The fraction of sp³-hybridized carbons (Fsp3) is 0.550. The summed E-state index contributed by atoms with van der Waals surface area (Å²) in [6.45, 7) is 9.07. The SMILES string of the molecule is Cc1ccc(-c2n[nH]c(NC(=O)CC(C)(C)CN3CCCCC3)c2F)cn1. The monoisotopic (exact) mass is 373 g/mol. The van der Waals surface area contributed by atoms with E-state index in [0.717, 1.165) is 25.3 Å². The number of aromatic nitrogens is 3. The molecule has 3 heterocycles. The first-order chi connectivity index (χ1) is 12.8.